The van der Waals surface area contributed by atoms with Crippen molar-refractivity contribution in [1.82, 2.24) is 5.32 Å². The number of benzene rings is 5. The van der Waals surface area contributed by atoms with Crippen LogP contribution in [0, 0.1) is 0 Å². The minimum atomic E-state index is -1.18. The molecule has 0 bridgehead atoms. The summed E-state index contributed by atoms with van der Waals surface area (Å²) in [5, 5.41) is 16.2. The van der Waals surface area contributed by atoms with Crippen LogP contribution in [-0.2, 0) is 11.2 Å². The lowest BCUT2D eigenvalue weighted by atomic mass is 9.99. The van der Waals surface area contributed by atoms with Gasteiger partial charge < -0.3 is 30.0 Å². The third-order valence-corrected chi connectivity index (χ3v) is 7.28. The van der Waals surface area contributed by atoms with Crippen molar-refractivity contribution in [2.24, 2.45) is 0 Å². The Kier molecular flexibility index (Phi) is 8.34. The lowest BCUT2D eigenvalue weighted by Gasteiger charge is -2.18. The molecule has 0 radical (unpaired) electrons. The molecule has 44 heavy (non-hydrogen) atoms. The summed E-state index contributed by atoms with van der Waals surface area (Å²) in [4.78, 5) is 25.6. The Hall–Kier alpha value is -5.47. The Morgan fingerprint density at radius 1 is 0.841 bits per heavy atom. The van der Waals surface area contributed by atoms with Gasteiger partial charge in [0.05, 0.1) is 11.3 Å². The third-order valence-electron chi connectivity index (χ3n) is 7.04. The van der Waals surface area contributed by atoms with Crippen molar-refractivity contribution < 1.29 is 28.9 Å². The van der Waals surface area contributed by atoms with Gasteiger partial charge in [-0.05, 0) is 59.7 Å². The summed E-state index contributed by atoms with van der Waals surface area (Å²) >= 11 is 6.22. The Morgan fingerprint density at radius 3 is 2.39 bits per heavy atom. The van der Waals surface area contributed by atoms with E-state index in [0.717, 1.165) is 22.4 Å². The van der Waals surface area contributed by atoms with Crippen LogP contribution in [0.4, 0.5) is 11.4 Å². The number of amides is 1. The molecule has 5 aromatic rings. The standard InChI is InChI=1S/C35H27ClN2O6/c36-24-14-16-29(37-25-15-17-32-33(20-25)43-21-42-32)28(19-24)34(39)38-30(35(40)41)18-22-10-12-23(13-11-22)27-8-4-5-9-31(27)44-26-6-2-1-3-7-26/h1-17,19-20,30,37H,18,21H2,(H,38,39)(H,40,41)/t30-/m0/s1. The lowest BCUT2D eigenvalue weighted by Crippen LogP contribution is -2.42. The number of halogens is 1. The highest BCUT2D eigenvalue weighted by atomic mass is 35.5. The average Bonchev–Trinajstić information content (AvgIpc) is 3.51. The molecule has 0 aromatic heterocycles. The van der Waals surface area contributed by atoms with Crippen molar-refractivity contribution in [3.05, 3.63) is 131 Å². The molecule has 3 N–H and O–H groups in total. The summed E-state index contributed by atoms with van der Waals surface area (Å²) in [7, 11) is 0. The summed E-state index contributed by atoms with van der Waals surface area (Å²) in [5.74, 6) is 0.910. The van der Waals surface area contributed by atoms with Crippen LogP contribution < -0.4 is 24.8 Å². The Morgan fingerprint density at radius 2 is 1.59 bits per heavy atom. The van der Waals surface area contributed by atoms with E-state index < -0.39 is 17.9 Å². The molecule has 8 nitrogen and oxygen atoms in total. The van der Waals surface area contributed by atoms with Crippen LogP contribution in [0.25, 0.3) is 11.1 Å². The van der Waals surface area contributed by atoms with Gasteiger partial charge in [0.2, 0.25) is 6.79 Å². The minimum Gasteiger partial charge on any atom is -0.480 e. The molecule has 1 heterocycles. The predicted molar refractivity (Wildman–Crippen MR) is 168 cm³/mol. The van der Waals surface area contributed by atoms with Crippen molar-refractivity contribution in [2.45, 2.75) is 12.5 Å². The number of fused-ring (bicyclic) bond motifs is 1. The molecule has 0 fully saturated rings. The highest BCUT2D eigenvalue weighted by Gasteiger charge is 2.23. The van der Waals surface area contributed by atoms with E-state index in [-0.39, 0.29) is 18.8 Å². The molecule has 0 spiro atoms. The third kappa shape index (κ3) is 6.61. The van der Waals surface area contributed by atoms with Gasteiger partial charge in [-0.3, -0.25) is 4.79 Å². The molecule has 0 saturated carbocycles. The number of carbonyl (C=O) groups is 2. The van der Waals surface area contributed by atoms with Crippen LogP contribution in [0.1, 0.15) is 15.9 Å². The highest BCUT2D eigenvalue weighted by molar-refractivity contribution is 6.31. The van der Waals surface area contributed by atoms with Gasteiger partial charge in [-0.1, -0.05) is 72.3 Å². The first-order valence-corrected chi connectivity index (χ1v) is 14.2. The fourth-order valence-corrected chi connectivity index (χ4v) is 5.02. The highest BCUT2D eigenvalue weighted by Crippen LogP contribution is 2.36. The molecule has 1 amide bonds. The van der Waals surface area contributed by atoms with E-state index in [1.165, 1.54) is 6.07 Å². The van der Waals surface area contributed by atoms with Gasteiger partial charge in [-0.25, -0.2) is 4.79 Å². The second-order valence-electron chi connectivity index (χ2n) is 10.1. The van der Waals surface area contributed by atoms with Crippen LogP contribution in [0.3, 0.4) is 0 Å². The van der Waals surface area contributed by atoms with Crippen molar-refractivity contribution in [1.29, 1.82) is 0 Å². The van der Waals surface area contributed by atoms with E-state index in [1.807, 2.05) is 78.9 Å². The first-order chi connectivity index (χ1) is 21.4. The van der Waals surface area contributed by atoms with Crippen LogP contribution in [0.15, 0.2) is 115 Å². The molecule has 0 saturated heterocycles. The van der Waals surface area contributed by atoms with Gasteiger partial charge in [-0.15, -0.1) is 0 Å². The molecule has 0 aliphatic carbocycles. The maximum Gasteiger partial charge on any atom is 0.326 e. The molecule has 6 rings (SSSR count). The second kappa shape index (κ2) is 12.8. The van der Waals surface area contributed by atoms with E-state index in [9.17, 15) is 14.7 Å². The summed E-state index contributed by atoms with van der Waals surface area (Å²) in [6.45, 7) is 0.142. The number of para-hydroxylation sites is 2. The normalized spacial score (nSPS) is 12.3. The number of carboxylic acids is 1. The number of rotatable bonds is 10. The Labute approximate surface area is 258 Å². The van der Waals surface area contributed by atoms with Crippen LogP contribution in [-0.4, -0.2) is 29.8 Å². The smallest absolute Gasteiger partial charge is 0.326 e. The summed E-state index contributed by atoms with van der Waals surface area (Å²) in [6.07, 6.45) is 0.0784. The number of hydrogen-bond donors (Lipinski definition) is 3. The number of ether oxygens (including phenoxy) is 3. The summed E-state index contributed by atoms with van der Waals surface area (Å²) in [6, 6.07) is 33.7. The largest absolute Gasteiger partial charge is 0.480 e. The number of hydrogen-bond acceptors (Lipinski definition) is 6. The van der Waals surface area contributed by atoms with E-state index in [1.54, 1.807) is 30.3 Å². The monoisotopic (exact) mass is 606 g/mol. The zero-order valence-corrected chi connectivity index (χ0v) is 24.1. The quantitative estimate of drug-likeness (QED) is 0.150. The van der Waals surface area contributed by atoms with Gasteiger partial charge in [0.1, 0.15) is 17.5 Å². The molecule has 1 atom stereocenters. The summed E-state index contributed by atoms with van der Waals surface area (Å²) in [5.41, 5.74) is 3.87. The van der Waals surface area contributed by atoms with Crippen molar-refractivity contribution in [2.75, 3.05) is 12.1 Å². The lowest BCUT2D eigenvalue weighted by molar-refractivity contribution is -0.139. The van der Waals surface area contributed by atoms with E-state index >= 15 is 0 Å². The number of anilines is 2. The predicted octanol–water partition coefficient (Wildman–Crippen LogP) is 7.70. The van der Waals surface area contributed by atoms with Crippen LogP contribution >= 0.6 is 11.6 Å². The van der Waals surface area contributed by atoms with Crippen molar-refractivity contribution in [3.8, 4) is 34.1 Å². The van der Waals surface area contributed by atoms with Gasteiger partial charge in [0.15, 0.2) is 11.5 Å². The Balaban J connectivity index is 1.17. The van der Waals surface area contributed by atoms with Crippen molar-refractivity contribution in [3.63, 3.8) is 0 Å². The molecule has 9 heteroatoms. The average molecular weight is 607 g/mol. The fraction of sp³-hybridized carbons (Fsp3) is 0.0857. The van der Waals surface area contributed by atoms with Gasteiger partial charge in [0, 0.05) is 28.8 Å². The van der Waals surface area contributed by atoms with Gasteiger partial charge in [0.25, 0.3) is 5.91 Å². The summed E-state index contributed by atoms with van der Waals surface area (Å²) < 4.78 is 16.9. The van der Waals surface area contributed by atoms with Gasteiger partial charge in [-0.2, -0.15) is 0 Å². The molecular formula is C35H27ClN2O6. The van der Waals surface area contributed by atoms with E-state index in [2.05, 4.69) is 10.6 Å². The number of aliphatic carboxylic acids is 1. The molecule has 1 aliphatic rings. The molecule has 220 valence electrons. The van der Waals surface area contributed by atoms with E-state index in [0.29, 0.717) is 33.6 Å². The van der Waals surface area contributed by atoms with E-state index in [4.69, 9.17) is 25.8 Å². The SMILES string of the molecule is O=C(N[C@@H](Cc1ccc(-c2ccccc2Oc2ccccc2)cc1)C(=O)O)c1cc(Cl)ccc1Nc1ccc2c(c1)OCO2. The fourth-order valence-electron chi connectivity index (χ4n) is 4.84. The molecular weight excluding hydrogens is 580 g/mol. The maximum atomic E-state index is 13.4. The Bertz CT molecular complexity index is 1810. The second-order valence-corrected chi connectivity index (χ2v) is 10.5. The van der Waals surface area contributed by atoms with Gasteiger partial charge >= 0.3 is 5.97 Å². The molecule has 0 unspecified atom stereocenters. The minimum absolute atomic E-state index is 0.0784. The number of carboxylic acid groups (broad SMARTS) is 1. The molecule has 1 aliphatic heterocycles. The first kappa shape index (κ1) is 28.6. The van der Waals surface area contributed by atoms with Crippen molar-refractivity contribution >= 4 is 34.9 Å². The topological polar surface area (TPSA) is 106 Å². The zero-order valence-electron chi connectivity index (χ0n) is 23.3. The number of carbonyl (C=O) groups excluding carboxylic acids is 1. The number of nitrogens with one attached hydrogen (secondary N) is 2. The maximum absolute atomic E-state index is 13.4. The van der Waals surface area contributed by atoms with Crippen LogP contribution in [0.5, 0.6) is 23.0 Å². The zero-order chi connectivity index (χ0) is 30.5. The first-order valence-electron chi connectivity index (χ1n) is 13.8. The van der Waals surface area contributed by atoms with Crippen LogP contribution in [0.2, 0.25) is 5.02 Å². The molecule has 5 aromatic carbocycles.